The normalized spacial score (nSPS) is 14.5. The predicted octanol–water partition coefficient (Wildman–Crippen LogP) is 16.5. The summed E-state index contributed by atoms with van der Waals surface area (Å²) in [4.78, 5) is 2.50. The molecule has 9 aromatic rings. The lowest BCUT2D eigenvalue weighted by atomic mass is 9.70. The van der Waals surface area contributed by atoms with Crippen molar-refractivity contribution >= 4 is 17.1 Å². The molecule has 1 nitrogen and oxygen atoms in total. The molecule has 9 aromatic carbocycles. The van der Waals surface area contributed by atoms with E-state index in [-0.39, 0.29) is 0 Å². The molecule has 0 amide bonds. The van der Waals surface area contributed by atoms with Crippen LogP contribution >= 0.6 is 0 Å². The van der Waals surface area contributed by atoms with Crippen molar-refractivity contribution in [2.24, 2.45) is 0 Å². The van der Waals surface area contributed by atoms with E-state index in [1.54, 1.807) is 0 Å². The van der Waals surface area contributed by atoms with Gasteiger partial charge in [0, 0.05) is 16.9 Å². The highest BCUT2D eigenvalue weighted by Crippen LogP contribution is 2.63. The lowest BCUT2D eigenvalue weighted by Crippen LogP contribution is -2.26. The van der Waals surface area contributed by atoms with E-state index in [2.05, 4.69) is 223 Å². The summed E-state index contributed by atoms with van der Waals surface area (Å²) in [5, 5.41) is 0. The molecule has 0 aliphatic heterocycles. The zero-order chi connectivity index (χ0) is 41.0. The Hall–Kier alpha value is -7.22. The van der Waals surface area contributed by atoms with Gasteiger partial charge < -0.3 is 4.90 Å². The molecule has 3 aliphatic rings. The van der Waals surface area contributed by atoms with E-state index in [4.69, 9.17) is 0 Å². The minimum atomic E-state index is -0.437. The van der Waals surface area contributed by atoms with Crippen LogP contribution in [0.4, 0.5) is 17.1 Å². The molecule has 0 heterocycles. The number of hydrogen-bond acceptors (Lipinski definition) is 1. The number of hydrogen-bond donors (Lipinski definition) is 0. The molecule has 0 unspecified atom stereocenters. The van der Waals surface area contributed by atoms with Gasteiger partial charge in [0.2, 0.25) is 0 Å². The molecule has 1 saturated carbocycles. The molecule has 0 saturated heterocycles. The van der Waals surface area contributed by atoms with Crippen LogP contribution in [0.25, 0.3) is 55.6 Å². The monoisotopic (exact) mass is 793 g/mol. The van der Waals surface area contributed by atoms with Crippen molar-refractivity contribution in [1.29, 1.82) is 0 Å². The van der Waals surface area contributed by atoms with Gasteiger partial charge in [0.15, 0.2) is 0 Å². The number of para-hydroxylation sites is 1. The summed E-state index contributed by atoms with van der Waals surface area (Å²) >= 11 is 0. The molecule has 0 radical (unpaired) electrons. The highest BCUT2D eigenvalue weighted by Gasteiger charge is 2.51. The van der Waals surface area contributed by atoms with Crippen LogP contribution in [0.15, 0.2) is 218 Å². The summed E-state index contributed by atoms with van der Waals surface area (Å²) in [6.07, 6.45) is 6.71. The summed E-state index contributed by atoms with van der Waals surface area (Å²) in [6, 6.07) is 81.8. The fraction of sp³-hybridized carbons (Fsp3) is 0.115. The van der Waals surface area contributed by atoms with E-state index in [1.165, 1.54) is 116 Å². The summed E-state index contributed by atoms with van der Waals surface area (Å²) in [5.74, 6) is 0.700. The van der Waals surface area contributed by atoms with Gasteiger partial charge in [-0.3, -0.25) is 0 Å². The molecule has 0 N–H and O–H groups in total. The molecular weight excluding hydrogens is 747 g/mol. The smallest absolute Gasteiger partial charge is 0.0726 e. The zero-order valence-electron chi connectivity index (χ0n) is 34.8. The Balaban J connectivity index is 1.05. The minimum Gasteiger partial charge on any atom is -0.310 e. The molecular formula is C61H47N. The van der Waals surface area contributed by atoms with Crippen molar-refractivity contribution < 1.29 is 0 Å². The summed E-state index contributed by atoms with van der Waals surface area (Å²) < 4.78 is 0. The maximum atomic E-state index is 2.51. The maximum Gasteiger partial charge on any atom is 0.0726 e. The fourth-order valence-electron chi connectivity index (χ4n) is 11.3. The van der Waals surface area contributed by atoms with Crippen molar-refractivity contribution in [3.05, 3.63) is 246 Å². The number of fused-ring (bicyclic) bond motifs is 10. The average molecular weight is 794 g/mol. The Kier molecular flexibility index (Phi) is 8.89. The standard InChI is InChI=1S/C61H47N/c1-3-17-42(18-4-1)43-31-33-44(34-32-43)45-35-37-47(38-36-45)62(60-30-16-12-26-55(60)50-22-8-7-21-49(50)46-19-5-2-6-20-46)48-39-40-54-53-25-11-15-29-58(53)61(59(54)41-48)56-27-13-9-23-51(56)52-24-10-14-28-57(52)61/h2,5-16,19-42H,1,3-4,17-18H2. The van der Waals surface area contributed by atoms with Gasteiger partial charge in [0.05, 0.1) is 11.1 Å². The quantitative estimate of drug-likeness (QED) is 0.155. The average Bonchev–Trinajstić information content (AvgIpc) is 3.82. The van der Waals surface area contributed by atoms with Crippen LogP contribution < -0.4 is 4.90 Å². The van der Waals surface area contributed by atoms with Gasteiger partial charge in [0.25, 0.3) is 0 Å². The van der Waals surface area contributed by atoms with E-state index in [9.17, 15) is 0 Å². The molecule has 1 fully saturated rings. The van der Waals surface area contributed by atoms with Crippen molar-refractivity contribution in [2.45, 2.75) is 43.4 Å². The van der Waals surface area contributed by atoms with Crippen LogP contribution in [-0.4, -0.2) is 0 Å². The van der Waals surface area contributed by atoms with Crippen LogP contribution in [0.1, 0.15) is 65.8 Å². The van der Waals surface area contributed by atoms with E-state index in [0.717, 1.165) is 17.1 Å². The lowest BCUT2D eigenvalue weighted by Gasteiger charge is -2.33. The van der Waals surface area contributed by atoms with E-state index < -0.39 is 5.41 Å². The first-order valence-electron chi connectivity index (χ1n) is 22.5. The zero-order valence-corrected chi connectivity index (χ0v) is 34.8. The summed E-state index contributed by atoms with van der Waals surface area (Å²) in [7, 11) is 0. The van der Waals surface area contributed by atoms with Gasteiger partial charge in [-0.25, -0.2) is 0 Å². The van der Waals surface area contributed by atoms with Gasteiger partial charge >= 0.3 is 0 Å². The van der Waals surface area contributed by atoms with Gasteiger partial charge in [-0.15, -0.1) is 0 Å². The van der Waals surface area contributed by atoms with Crippen LogP contribution in [0, 0.1) is 0 Å². The molecule has 0 bridgehead atoms. The molecule has 0 atom stereocenters. The SMILES string of the molecule is c1ccc(-c2ccccc2-c2ccccc2N(c2ccc(-c3ccc(C4CCCCC4)cc3)cc2)c2ccc3c(c2)C2(c4ccccc4-c4ccccc42)c2ccccc2-3)cc1. The van der Waals surface area contributed by atoms with Crippen LogP contribution in [0.5, 0.6) is 0 Å². The molecule has 296 valence electrons. The Bertz CT molecular complexity index is 3030. The maximum absolute atomic E-state index is 2.51. The summed E-state index contributed by atoms with van der Waals surface area (Å²) in [6.45, 7) is 0. The van der Waals surface area contributed by atoms with Gasteiger partial charge in [-0.2, -0.15) is 0 Å². The summed E-state index contributed by atoms with van der Waals surface area (Å²) in [5.41, 5.74) is 22.4. The number of nitrogens with zero attached hydrogens (tertiary/aromatic N) is 1. The Morgan fingerprint density at radius 2 is 0.790 bits per heavy atom. The Morgan fingerprint density at radius 3 is 1.40 bits per heavy atom. The third kappa shape index (κ3) is 5.76. The van der Waals surface area contributed by atoms with E-state index in [1.807, 2.05) is 0 Å². The predicted molar refractivity (Wildman–Crippen MR) is 260 cm³/mol. The van der Waals surface area contributed by atoms with Crippen LogP contribution in [-0.2, 0) is 5.41 Å². The fourth-order valence-corrected chi connectivity index (χ4v) is 11.3. The number of anilines is 3. The largest absolute Gasteiger partial charge is 0.310 e. The highest BCUT2D eigenvalue weighted by molar-refractivity contribution is 5.98. The molecule has 1 spiro atoms. The first-order valence-corrected chi connectivity index (χ1v) is 22.5. The molecule has 0 aromatic heterocycles. The van der Waals surface area contributed by atoms with Crippen molar-refractivity contribution in [2.75, 3.05) is 4.90 Å². The number of benzene rings is 9. The van der Waals surface area contributed by atoms with Gasteiger partial charge in [0.1, 0.15) is 0 Å². The van der Waals surface area contributed by atoms with Crippen molar-refractivity contribution in [1.82, 2.24) is 0 Å². The molecule has 62 heavy (non-hydrogen) atoms. The lowest BCUT2D eigenvalue weighted by molar-refractivity contribution is 0.443. The molecule has 1 heteroatoms. The second-order valence-corrected chi connectivity index (χ2v) is 17.4. The second-order valence-electron chi connectivity index (χ2n) is 17.4. The van der Waals surface area contributed by atoms with Crippen molar-refractivity contribution in [3.8, 4) is 55.6 Å². The van der Waals surface area contributed by atoms with Gasteiger partial charge in [-0.05, 0) is 127 Å². The first-order chi connectivity index (χ1) is 30.8. The Morgan fingerprint density at radius 1 is 0.323 bits per heavy atom. The third-order valence-electron chi connectivity index (χ3n) is 14.1. The number of rotatable bonds is 7. The topological polar surface area (TPSA) is 3.24 Å². The van der Waals surface area contributed by atoms with Crippen LogP contribution in [0.3, 0.4) is 0 Å². The molecule has 3 aliphatic carbocycles. The Labute approximate surface area is 365 Å². The van der Waals surface area contributed by atoms with Gasteiger partial charge in [-0.1, -0.05) is 207 Å². The van der Waals surface area contributed by atoms with Crippen molar-refractivity contribution in [3.63, 3.8) is 0 Å². The first kappa shape index (κ1) is 36.6. The highest BCUT2D eigenvalue weighted by atomic mass is 15.1. The minimum absolute atomic E-state index is 0.437. The van der Waals surface area contributed by atoms with E-state index in [0.29, 0.717) is 5.92 Å². The second kappa shape index (κ2) is 15.0. The van der Waals surface area contributed by atoms with Crippen LogP contribution in [0.2, 0.25) is 0 Å². The van der Waals surface area contributed by atoms with E-state index >= 15 is 0 Å². The molecule has 12 rings (SSSR count). The third-order valence-corrected chi connectivity index (χ3v) is 14.1.